The SMILES string of the molecule is Cc1n[nH]c(C)c1-c1nccnc1CC1CCN(S(C)(=O)=O)C1. The Kier molecular flexibility index (Phi) is 4.20. The highest BCUT2D eigenvalue weighted by Gasteiger charge is 2.29. The summed E-state index contributed by atoms with van der Waals surface area (Å²) < 4.78 is 24.9. The van der Waals surface area contributed by atoms with Crippen LogP contribution in [0.1, 0.15) is 23.5 Å². The predicted molar refractivity (Wildman–Crippen MR) is 87.3 cm³/mol. The molecule has 0 bridgehead atoms. The van der Waals surface area contributed by atoms with Gasteiger partial charge in [0, 0.05) is 36.7 Å². The van der Waals surface area contributed by atoms with Crippen molar-refractivity contribution in [3.63, 3.8) is 0 Å². The zero-order chi connectivity index (χ0) is 16.6. The maximum atomic E-state index is 11.7. The highest BCUT2D eigenvalue weighted by Crippen LogP contribution is 2.29. The third-order valence-corrected chi connectivity index (χ3v) is 5.61. The molecule has 1 aliphatic heterocycles. The van der Waals surface area contributed by atoms with Gasteiger partial charge < -0.3 is 0 Å². The van der Waals surface area contributed by atoms with Gasteiger partial charge in [-0.25, -0.2) is 12.7 Å². The Morgan fingerprint density at radius 2 is 2.04 bits per heavy atom. The van der Waals surface area contributed by atoms with E-state index in [0.29, 0.717) is 13.1 Å². The number of nitrogens with one attached hydrogen (secondary N) is 1. The van der Waals surface area contributed by atoms with Crippen molar-refractivity contribution in [3.8, 4) is 11.3 Å². The molecule has 1 N–H and O–H groups in total. The summed E-state index contributed by atoms with van der Waals surface area (Å²) in [4.78, 5) is 8.99. The van der Waals surface area contributed by atoms with Crippen LogP contribution >= 0.6 is 0 Å². The summed E-state index contributed by atoms with van der Waals surface area (Å²) in [6.07, 6.45) is 6.21. The molecule has 3 heterocycles. The summed E-state index contributed by atoms with van der Waals surface area (Å²) in [7, 11) is -3.11. The van der Waals surface area contributed by atoms with E-state index in [2.05, 4.69) is 20.2 Å². The Morgan fingerprint density at radius 3 is 2.65 bits per heavy atom. The smallest absolute Gasteiger partial charge is 0.211 e. The molecule has 1 unspecified atom stereocenters. The molecule has 0 radical (unpaired) electrons. The minimum absolute atomic E-state index is 0.271. The third kappa shape index (κ3) is 3.28. The molecule has 1 aliphatic rings. The van der Waals surface area contributed by atoms with Crippen LogP contribution in [0.5, 0.6) is 0 Å². The number of hydrogen-bond donors (Lipinski definition) is 1. The minimum atomic E-state index is -3.11. The van der Waals surface area contributed by atoms with Gasteiger partial charge in [-0.05, 0) is 32.6 Å². The second-order valence-corrected chi connectivity index (χ2v) is 8.12. The molecule has 3 rings (SSSR count). The molecule has 2 aromatic heterocycles. The van der Waals surface area contributed by atoms with E-state index in [1.165, 1.54) is 6.26 Å². The lowest BCUT2D eigenvalue weighted by molar-refractivity contribution is 0.459. The molecule has 2 aromatic rings. The maximum absolute atomic E-state index is 11.7. The summed E-state index contributed by atoms with van der Waals surface area (Å²) in [5, 5.41) is 7.21. The van der Waals surface area contributed by atoms with Gasteiger partial charge in [0.05, 0.1) is 23.3 Å². The van der Waals surface area contributed by atoms with Gasteiger partial charge in [0.2, 0.25) is 10.0 Å². The number of hydrogen-bond acceptors (Lipinski definition) is 5. The fourth-order valence-corrected chi connectivity index (χ4v) is 4.08. The first-order chi connectivity index (χ1) is 10.9. The van der Waals surface area contributed by atoms with Crippen LogP contribution in [-0.4, -0.2) is 52.2 Å². The van der Waals surface area contributed by atoms with Crippen molar-refractivity contribution in [2.75, 3.05) is 19.3 Å². The van der Waals surface area contributed by atoms with Crippen molar-refractivity contribution >= 4 is 10.0 Å². The van der Waals surface area contributed by atoms with Crippen molar-refractivity contribution in [2.45, 2.75) is 26.7 Å². The van der Waals surface area contributed by atoms with E-state index in [4.69, 9.17) is 0 Å². The molecule has 0 aromatic carbocycles. The molecule has 0 amide bonds. The van der Waals surface area contributed by atoms with Crippen LogP contribution in [0.4, 0.5) is 0 Å². The average molecular weight is 335 g/mol. The minimum Gasteiger partial charge on any atom is -0.282 e. The molecule has 1 atom stereocenters. The molecular weight excluding hydrogens is 314 g/mol. The van der Waals surface area contributed by atoms with E-state index in [9.17, 15) is 8.42 Å². The van der Waals surface area contributed by atoms with Gasteiger partial charge in [-0.1, -0.05) is 0 Å². The van der Waals surface area contributed by atoms with Gasteiger partial charge in [-0.3, -0.25) is 15.1 Å². The highest BCUT2D eigenvalue weighted by atomic mass is 32.2. The van der Waals surface area contributed by atoms with Crippen molar-refractivity contribution in [1.82, 2.24) is 24.5 Å². The molecular formula is C15H21N5O2S. The predicted octanol–water partition coefficient (Wildman–Crippen LogP) is 1.31. The van der Waals surface area contributed by atoms with Gasteiger partial charge in [0.25, 0.3) is 0 Å². The Balaban J connectivity index is 1.86. The molecule has 0 spiro atoms. The zero-order valence-corrected chi connectivity index (χ0v) is 14.4. The van der Waals surface area contributed by atoms with E-state index in [0.717, 1.165) is 41.2 Å². The third-order valence-electron chi connectivity index (χ3n) is 4.34. The summed E-state index contributed by atoms with van der Waals surface area (Å²) in [6, 6.07) is 0. The van der Waals surface area contributed by atoms with Gasteiger partial charge in [0.15, 0.2) is 0 Å². The fraction of sp³-hybridized carbons (Fsp3) is 0.533. The van der Waals surface area contributed by atoms with E-state index in [1.807, 2.05) is 13.8 Å². The van der Waals surface area contributed by atoms with Crippen LogP contribution in [-0.2, 0) is 16.4 Å². The number of aryl methyl sites for hydroxylation is 2. The Morgan fingerprint density at radius 1 is 1.30 bits per heavy atom. The molecule has 1 saturated heterocycles. The quantitative estimate of drug-likeness (QED) is 0.909. The second kappa shape index (κ2) is 6.01. The van der Waals surface area contributed by atoms with Crippen LogP contribution in [0.25, 0.3) is 11.3 Å². The van der Waals surface area contributed by atoms with Crippen LogP contribution in [0.3, 0.4) is 0 Å². The molecule has 23 heavy (non-hydrogen) atoms. The van der Waals surface area contributed by atoms with Crippen LogP contribution < -0.4 is 0 Å². The lowest BCUT2D eigenvalue weighted by Crippen LogP contribution is -2.27. The molecule has 124 valence electrons. The largest absolute Gasteiger partial charge is 0.282 e. The van der Waals surface area contributed by atoms with E-state index in [1.54, 1.807) is 16.7 Å². The second-order valence-electron chi connectivity index (χ2n) is 6.14. The van der Waals surface area contributed by atoms with Crippen molar-refractivity contribution in [1.29, 1.82) is 0 Å². The molecule has 8 heteroatoms. The summed E-state index contributed by atoms with van der Waals surface area (Å²) in [5.74, 6) is 0.271. The first-order valence-corrected chi connectivity index (χ1v) is 9.48. The van der Waals surface area contributed by atoms with E-state index in [-0.39, 0.29) is 5.92 Å². The van der Waals surface area contributed by atoms with Gasteiger partial charge in [-0.2, -0.15) is 5.10 Å². The number of H-pyrrole nitrogens is 1. The number of sulfonamides is 1. The summed E-state index contributed by atoms with van der Waals surface area (Å²) >= 11 is 0. The van der Waals surface area contributed by atoms with Crippen molar-refractivity contribution < 1.29 is 8.42 Å². The maximum Gasteiger partial charge on any atom is 0.211 e. The number of nitrogens with zero attached hydrogens (tertiary/aromatic N) is 4. The standard InChI is InChI=1S/C15H21N5O2S/c1-10-14(11(2)19-18-10)15-13(16-5-6-17-15)8-12-4-7-20(9-12)23(3,21)22/h5-6,12H,4,7-9H2,1-3H3,(H,18,19). The summed E-state index contributed by atoms with van der Waals surface area (Å²) in [6.45, 7) is 5.05. The fourth-order valence-electron chi connectivity index (χ4n) is 3.16. The molecule has 1 fully saturated rings. The Hall–Kier alpha value is -1.80. The van der Waals surface area contributed by atoms with E-state index >= 15 is 0 Å². The van der Waals surface area contributed by atoms with Gasteiger partial charge in [-0.15, -0.1) is 0 Å². The van der Waals surface area contributed by atoms with Crippen LogP contribution in [0.2, 0.25) is 0 Å². The highest BCUT2D eigenvalue weighted by molar-refractivity contribution is 7.88. The van der Waals surface area contributed by atoms with E-state index < -0.39 is 10.0 Å². The lowest BCUT2D eigenvalue weighted by atomic mass is 9.98. The van der Waals surface area contributed by atoms with Crippen molar-refractivity contribution in [3.05, 3.63) is 29.5 Å². The van der Waals surface area contributed by atoms with Crippen LogP contribution in [0.15, 0.2) is 12.4 Å². The lowest BCUT2D eigenvalue weighted by Gasteiger charge is -2.14. The average Bonchev–Trinajstić information content (AvgIpc) is 3.07. The van der Waals surface area contributed by atoms with Gasteiger partial charge in [0.1, 0.15) is 0 Å². The monoisotopic (exact) mass is 335 g/mol. The zero-order valence-electron chi connectivity index (χ0n) is 13.6. The summed E-state index contributed by atoms with van der Waals surface area (Å²) in [5.41, 5.74) is 4.60. The first kappa shape index (κ1) is 16.1. The topological polar surface area (TPSA) is 91.8 Å². The molecule has 7 nitrogen and oxygen atoms in total. The Bertz CT molecular complexity index is 796. The molecule has 0 saturated carbocycles. The van der Waals surface area contributed by atoms with Crippen molar-refractivity contribution in [2.24, 2.45) is 5.92 Å². The first-order valence-electron chi connectivity index (χ1n) is 7.63. The Labute approximate surface area is 136 Å². The number of aromatic amines is 1. The normalized spacial score (nSPS) is 19.3. The number of aromatic nitrogens is 4. The molecule has 0 aliphatic carbocycles. The van der Waals surface area contributed by atoms with Gasteiger partial charge >= 0.3 is 0 Å². The number of rotatable bonds is 4. The van der Waals surface area contributed by atoms with Crippen LogP contribution in [0, 0.1) is 19.8 Å².